The first-order chi connectivity index (χ1) is 18.3. The number of hydrogen-bond donors (Lipinski definition) is 0. The number of fused-ring (bicyclic) bond motifs is 1. The van der Waals surface area contributed by atoms with Gasteiger partial charge in [0.15, 0.2) is 6.10 Å². The molecular weight excluding hydrogens is 488 g/mol. The monoisotopic (exact) mass is 510 g/mol. The molecule has 1 fully saturated rings. The molecule has 1 heterocycles. The van der Waals surface area contributed by atoms with Crippen LogP contribution in [0.1, 0.15) is 45.2 Å². The van der Waals surface area contributed by atoms with Gasteiger partial charge in [0, 0.05) is 23.3 Å². The van der Waals surface area contributed by atoms with Gasteiger partial charge >= 0.3 is 5.97 Å². The Labute approximate surface area is 217 Å². The van der Waals surface area contributed by atoms with E-state index in [1.807, 2.05) is 12.2 Å². The van der Waals surface area contributed by atoms with Gasteiger partial charge in [0.25, 0.3) is 5.69 Å². The molecule has 0 bridgehead atoms. The predicted molar refractivity (Wildman–Crippen MR) is 136 cm³/mol. The molecule has 9 heteroatoms. The Morgan fingerprint density at radius 1 is 0.816 bits per heavy atom. The number of imide groups is 1. The first-order valence-electron chi connectivity index (χ1n) is 12.0. The van der Waals surface area contributed by atoms with E-state index in [0.717, 1.165) is 4.90 Å². The standard InChI is InChI=1S/C29H22N2O7/c32-25(18-6-2-1-3-7-18)26(19-10-16-22(17-11-19)31(36)37)38-29(35)20-12-14-21(15-13-20)30-27(33)23-8-4-5-9-24(23)28(30)34/h1-7,10-17,23-24,26H,8-9H2/t23-,24+,26-/m0/s1. The Hall–Kier alpha value is -4.92. The number of esters is 1. The minimum atomic E-state index is -1.34. The van der Waals surface area contributed by atoms with E-state index in [1.54, 1.807) is 30.3 Å². The van der Waals surface area contributed by atoms with Crippen molar-refractivity contribution in [2.24, 2.45) is 11.8 Å². The molecule has 9 nitrogen and oxygen atoms in total. The summed E-state index contributed by atoms with van der Waals surface area (Å²) in [6.45, 7) is 0. The Kier molecular flexibility index (Phi) is 6.66. The number of nitrogens with zero attached hydrogens (tertiary/aromatic N) is 2. The van der Waals surface area contributed by atoms with Gasteiger partial charge in [-0.25, -0.2) is 4.79 Å². The zero-order chi connectivity index (χ0) is 26.8. The summed E-state index contributed by atoms with van der Waals surface area (Å²) in [6.07, 6.45) is 3.52. The average Bonchev–Trinajstić information content (AvgIpc) is 3.21. The van der Waals surface area contributed by atoms with Crippen LogP contribution >= 0.6 is 0 Å². The van der Waals surface area contributed by atoms with Crippen LogP contribution in [0.5, 0.6) is 0 Å². The summed E-state index contributed by atoms with van der Waals surface area (Å²) >= 11 is 0. The first-order valence-corrected chi connectivity index (χ1v) is 12.0. The summed E-state index contributed by atoms with van der Waals surface area (Å²) in [5.74, 6) is -2.56. The molecule has 3 aromatic rings. The maximum atomic E-state index is 13.3. The van der Waals surface area contributed by atoms with E-state index in [1.165, 1.54) is 48.5 Å². The van der Waals surface area contributed by atoms with Crippen LogP contribution < -0.4 is 4.90 Å². The smallest absolute Gasteiger partial charge is 0.339 e. The van der Waals surface area contributed by atoms with Crippen LogP contribution in [0.25, 0.3) is 0 Å². The number of hydrogen-bond acceptors (Lipinski definition) is 7. The molecular formula is C29H22N2O7. The Balaban J connectivity index is 1.38. The second-order valence-corrected chi connectivity index (χ2v) is 9.08. The van der Waals surface area contributed by atoms with Crippen molar-refractivity contribution in [3.63, 3.8) is 0 Å². The van der Waals surface area contributed by atoms with Crippen LogP contribution in [0.2, 0.25) is 0 Å². The summed E-state index contributed by atoms with van der Waals surface area (Å²) in [5.41, 5.74) is 0.890. The summed E-state index contributed by atoms with van der Waals surface area (Å²) < 4.78 is 5.61. The van der Waals surface area contributed by atoms with Crippen molar-refractivity contribution < 1.29 is 28.8 Å². The van der Waals surface area contributed by atoms with E-state index >= 15 is 0 Å². The molecule has 3 atom stereocenters. The van der Waals surface area contributed by atoms with E-state index in [9.17, 15) is 29.3 Å². The number of carbonyl (C=O) groups excluding carboxylic acids is 4. The van der Waals surface area contributed by atoms with Crippen molar-refractivity contribution in [3.8, 4) is 0 Å². The number of amides is 2. The van der Waals surface area contributed by atoms with Gasteiger partial charge in [0.05, 0.1) is 28.0 Å². The number of non-ortho nitro benzene ring substituents is 1. The summed E-state index contributed by atoms with van der Waals surface area (Å²) in [7, 11) is 0. The highest BCUT2D eigenvalue weighted by Gasteiger charge is 2.47. The maximum Gasteiger partial charge on any atom is 0.339 e. The minimum Gasteiger partial charge on any atom is -0.445 e. The SMILES string of the molecule is O=C(O[C@H](C(=O)c1ccccc1)c1ccc([N+](=O)[O-])cc1)c1ccc(N2C(=O)[C@H]3CC=CC[C@H]3C2=O)cc1. The first kappa shape index (κ1) is 24.8. The number of benzene rings is 3. The second kappa shape index (κ2) is 10.2. The lowest BCUT2D eigenvalue weighted by Gasteiger charge is -2.18. The molecule has 0 aromatic heterocycles. The molecule has 1 aliphatic heterocycles. The Morgan fingerprint density at radius 3 is 1.95 bits per heavy atom. The third-order valence-corrected chi connectivity index (χ3v) is 6.80. The van der Waals surface area contributed by atoms with Gasteiger partial charge < -0.3 is 4.74 Å². The molecule has 5 rings (SSSR count). The van der Waals surface area contributed by atoms with Crippen LogP contribution in [-0.4, -0.2) is 28.5 Å². The predicted octanol–water partition coefficient (Wildman–Crippen LogP) is 4.83. The van der Waals surface area contributed by atoms with Gasteiger partial charge in [-0.1, -0.05) is 42.5 Å². The van der Waals surface area contributed by atoms with Crippen LogP contribution in [-0.2, 0) is 14.3 Å². The fourth-order valence-corrected chi connectivity index (χ4v) is 4.77. The third-order valence-electron chi connectivity index (χ3n) is 6.80. The number of anilines is 1. The molecule has 2 aliphatic rings. The molecule has 3 aromatic carbocycles. The average molecular weight is 511 g/mol. The van der Waals surface area contributed by atoms with E-state index < -0.39 is 22.8 Å². The molecule has 0 saturated carbocycles. The fourth-order valence-electron chi connectivity index (χ4n) is 4.77. The molecule has 0 N–H and O–H groups in total. The van der Waals surface area contributed by atoms with Gasteiger partial charge in [-0.3, -0.25) is 29.4 Å². The molecule has 2 amide bonds. The number of nitro benzene ring substituents is 1. The van der Waals surface area contributed by atoms with Gasteiger partial charge in [0.2, 0.25) is 17.6 Å². The maximum absolute atomic E-state index is 13.3. The molecule has 190 valence electrons. The second-order valence-electron chi connectivity index (χ2n) is 9.08. The van der Waals surface area contributed by atoms with Crippen molar-refractivity contribution in [1.29, 1.82) is 0 Å². The number of nitro groups is 1. The van der Waals surface area contributed by atoms with Crippen LogP contribution in [0.3, 0.4) is 0 Å². The lowest BCUT2D eigenvalue weighted by Crippen LogP contribution is -2.30. The Morgan fingerprint density at radius 2 is 1.39 bits per heavy atom. The summed E-state index contributed by atoms with van der Waals surface area (Å²) in [4.78, 5) is 63.7. The van der Waals surface area contributed by atoms with Crippen molar-refractivity contribution in [2.75, 3.05) is 4.90 Å². The van der Waals surface area contributed by atoms with Crippen molar-refractivity contribution in [1.82, 2.24) is 0 Å². The van der Waals surface area contributed by atoms with Crippen LogP contribution in [0.4, 0.5) is 11.4 Å². The number of rotatable bonds is 7. The summed E-state index contributed by atoms with van der Waals surface area (Å²) in [5, 5.41) is 11.0. The van der Waals surface area contributed by atoms with E-state index in [4.69, 9.17) is 4.74 Å². The molecule has 38 heavy (non-hydrogen) atoms. The number of allylic oxidation sites excluding steroid dienone is 2. The van der Waals surface area contributed by atoms with Crippen LogP contribution in [0, 0.1) is 22.0 Å². The number of carbonyl (C=O) groups is 4. The molecule has 1 saturated heterocycles. The Bertz CT molecular complexity index is 1420. The third kappa shape index (κ3) is 4.61. The minimum absolute atomic E-state index is 0.111. The molecule has 0 unspecified atom stereocenters. The number of Topliss-reactive ketones (excluding diaryl/α,β-unsaturated/α-hetero) is 1. The highest BCUT2D eigenvalue weighted by Crippen LogP contribution is 2.37. The quantitative estimate of drug-likeness (QED) is 0.111. The van der Waals surface area contributed by atoms with Gasteiger partial charge in [-0.2, -0.15) is 0 Å². The molecule has 1 aliphatic carbocycles. The highest BCUT2D eigenvalue weighted by atomic mass is 16.6. The lowest BCUT2D eigenvalue weighted by molar-refractivity contribution is -0.384. The van der Waals surface area contributed by atoms with Crippen molar-refractivity contribution in [3.05, 3.63) is 118 Å². The zero-order valence-electron chi connectivity index (χ0n) is 20.1. The number of ketones is 1. The normalized spacial score (nSPS) is 19.1. The van der Waals surface area contributed by atoms with Crippen LogP contribution in [0.15, 0.2) is 91.0 Å². The van der Waals surface area contributed by atoms with E-state index in [2.05, 4.69) is 0 Å². The van der Waals surface area contributed by atoms with E-state index in [-0.39, 0.29) is 40.5 Å². The topological polar surface area (TPSA) is 124 Å². The zero-order valence-corrected chi connectivity index (χ0v) is 20.1. The van der Waals surface area contributed by atoms with Gasteiger partial charge in [0.1, 0.15) is 0 Å². The molecule has 0 spiro atoms. The van der Waals surface area contributed by atoms with Crippen molar-refractivity contribution >= 4 is 34.9 Å². The molecule has 0 radical (unpaired) electrons. The largest absolute Gasteiger partial charge is 0.445 e. The van der Waals surface area contributed by atoms with E-state index in [0.29, 0.717) is 24.1 Å². The lowest BCUT2D eigenvalue weighted by atomic mass is 9.85. The fraction of sp³-hybridized carbons (Fsp3) is 0.172. The number of ether oxygens (including phenoxy) is 1. The highest BCUT2D eigenvalue weighted by molar-refractivity contribution is 6.22. The van der Waals surface area contributed by atoms with Gasteiger partial charge in [-0.05, 0) is 49.2 Å². The van der Waals surface area contributed by atoms with Gasteiger partial charge in [-0.15, -0.1) is 0 Å². The summed E-state index contributed by atoms with van der Waals surface area (Å²) in [6, 6.07) is 19.3. The van der Waals surface area contributed by atoms with Crippen molar-refractivity contribution in [2.45, 2.75) is 18.9 Å².